The Balaban J connectivity index is 1.75. The van der Waals surface area contributed by atoms with Gasteiger partial charge in [0.25, 0.3) is 0 Å². The lowest BCUT2D eigenvalue weighted by molar-refractivity contribution is 0.243. The van der Waals surface area contributed by atoms with Crippen LogP contribution in [0.5, 0.6) is 0 Å². The van der Waals surface area contributed by atoms with E-state index in [0.717, 1.165) is 41.1 Å². The van der Waals surface area contributed by atoms with E-state index in [2.05, 4.69) is 42.2 Å². The molecule has 1 N–H and O–H groups in total. The average molecular weight is 361 g/mol. The molecule has 4 rings (SSSR count). The number of unbranched alkanes of at least 4 members (excludes halogenated alkanes) is 1. The molecule has 0 radical (unpaired) electrons. The first-order valence-electron chi connectivity index (χ1n) is 10.3. The van der Waals surface area contributed by atoms with Crippen LogP contribution in [-0.4, -0.2) is 9.97 Å². The Kier molecular flexibility index (Phi) is 5.11. The summed E-state index contributed by atoms with van der Waals surface area (Å²) in [7, 11) is 0. The molecule has 0 bridgehead atoms. The summed E-state index contributed by atoms with van der Waals surface area (Å²) >= 11 is 0. The Bertz CT molecular complexity index is 967. The monoisotopic (exact) mass is 360 g/mol. The summed E-state index contributed by atoms with van der Waals surface area (Å²) < 4.78 is 0. The van der Waals surface area contributed by atoms with Crippen molar-refractivity contribution in [2.75, 3.05) is 0 Å². The van der Waals surface area contributed by atoms with Gasteiger partial charge in [0.05, 0.1) is 16.6 Å². The van der Waals surface area contributed by atoms with Gasteiger partial charge in [0.1, 0.15) is 0 Å². The number of nitrogens with one attached hydrogen (secondary N) is 1. The van der Waals surface area contributed by atoms with Gasteiger partial charge in [-0.05, 0) is 49.8 Å². The minimum atomic E-state index is -0.187. The van der Waals surface area contributed by atoms with Crippen molar-refractivity contribution < 1.29 is 0 Å². The number of para-hydroxylation sites is 1. The van der Waals surface area contributed by atoms with E-state index < -0.39 is 0 Å². The molecule has 0 unspecified atom stereocenters. The van der Waals surface area contributed by atoms with Crippen LogP contribution in [0, 0.1) is 5.92 Å². The summed E-state index contributed by atoms with van der Waals surface area (Å²) in [5, 5.41) is 1.16. The zero-order valence-corrected chi connectivity index (χ0v) is 16.1. The van der Waals surface area contributed by atoms with E-state index >= 15 is 0 Å². The van der Waals surface area contributed by atoms with E-state index in [1.807, 2.05) is 18.2 Å². The highest BCUT2D eigenvalue weighted by Gasteiger charge is 2.40. The molecule has 3 nitrogen and oxygen atoms in total. The quantitative estimate of drug-likeness (QED) is 0.644. The van der Waals surface area contributed by atoms with Gasteiger partial charge >= 0.3 is 0 Å². The largest absolute Gasteiger partial charge is 0.325 e. The van der Waals surface area contributed by atoms with Crippen molar-refractivity contribution in [3.63, 3.8) is 0 Å². The lowest BCUT2D eigenvalue weighted by atomic mass is 9.65. The first-order valence-corrected chi connectivity index (χ1v) is 10.3. The van der Waals surface area contributed by atoms with Gasteiger partial charge in [0.15, 0.2) is 0 Å². The third-order valence-corrected chi connectivity index (χ3v) is 6.30. The SMILES string of the molecule is CCCCC1CCC(c2ccc3ccccc3n2)(c2cccc(=O)[nH]2)CC1. The number of H-pyrrole nitrogens is 1. The predicted octanol–water partition coefficient (Wildman–Crippen LogP) is 5.59. The summed E-state index contributed by atoms with van der Waals surface area (Å²) in [5.74, 6) is 0.800. The molecule has 0 amide bonds. The molecule has 0 aliphatic heterocycles. The average Bonchev–Trinajstić information content (AvgIpc) is 2.72. The van der Waals surface area contributed by atoms with Crippen LogP contribution in [-0.2, 0) is 5.41 Å². The van der Waals surface area contributed by atoms with E-state index in [4.69, 9.17) is 4.98 Å². The molecule has 0 atom stereocenters. The Labute approximate surface area is 160 Å². The molecule has 1 saturated carbocycles. The molecule has 3 aromatic rings. The summed E-state index contributed by atoms with van der Waals surface area (Å²) in [4.78, 5) is 20.2. The van der Waals surface area contributed by atoms with Crippen molar-refractivity contribution in [1.29, 1.82) is 0 Å². The van der Waals surface area contributed by atoms with Gasteiger partial charge in [0, 0.05) is 17.1 Å². The van der Waals surface area contributed by atoms with E-state index in [1.165, 1.54) is 32.1 Å². The van der Waals surface area contributed by atoms with Crippen molar-refractivity contribution in [3.05, 3.63) is 76.3 Å². The van der Waals surface area contributed by atoms with E-state index in [1.54, 1.807) is 6.07 Å². The second-order valence-electron chi connectivity index (χ2n) is 7.99. The summed E-state index contributed by atoms with van der Waals surface area (Å²) in [5.41, 5.74) is 2.93. The van der Waals surface area contributed by atoms with Gasteiger partial charge in [-0.2, -0.15) is 0 Å². The van der Waals surface area contributed by atoms with Crippen LogP contribution in [0.2, 0.25) is 0 Å². The first-order chi connectivity index (χ1) is 13.2. The zero-order valence-electron chi connectivity index (χ0n) is 16.1. The fraction of sp³-hybridized carbons (Fsp3) is 0.417. The number of aromatic nitrogens is 2. The zero-order chi connectivity index (χ0) is 18.7. The highest BCUT2D eigenvalue weighted by atomic mass is 16.1. The third kappa shape index (κ3) is 3.55. The van der Waals surface area contributed by atoms with Crippen LogP contribution in [0.25, 0.3) is 10.9 Å². The van der Waals surface area contributed by atoms with Crippen LogP contribution in [0.4, 0.5) is 0 Å². The highest BCUT2D eigenvalue weighted by Crippen LogP contribution is 2.46. The van der Waals surface area contributed by atoms with Gasteiger partial charge in [-0.1, -0.05) is 56.5 Å². The maximum atomic E-state index is 12.0. The number of hydrogen-bond donors (Lipinski definition) is 1. The van der Waals surface area contributed by atoms with Gasteiger partial charge in [0.2, 0.25) is 5.56 Å². The maximum Gasteiger partial charge on any atom is 0.248 e. The molecular weight excluding hydrogens is 332 g/mol. The topological polar surface area (TPSA) is 45.8 Å². The van der Waals surface area contributed by atoms with Gasteiger partial charge in [-0.3, -0.25) is 9.78 Å². The van der Waals surface area contributed by atoms with Crippen molar-refractivity contribution in [2.45, 2.75) is 57.3 Å². The number of rotatable bonds is 5. The van der Waals surface area contributed by atoms with Crippen molar-refractivity contribution in [2.24, 2.45) is 5.92 Å². The van der Waals surface area contributed by atoms with E-state index in [-0.39, 0.29) is 11.0 Å². The van der Waals surface area contributed by atoms with Crippen LogP contribution in [0.15, 0.2) is 59.4 Å². The van der Waals surface area contributed by atoms with Crippen molar-refractivity contribution in [1.82, 2.24) is 9.97 Å². The number of nitrogens with zero attached hydrogens (tertiary/aromatic N) is 1. The van der Waals surface area contributed by atoms with E-state index in [9.17, 15) is 4.79 Å². The summed E-state index contributed by atoms with van der Waals surface area (Å²) in [6.07, 6.45) is 8.40. The summed E-state index contributed by atoms with van der Waals surface area (Å²) in [6.45, 7) is 2.26. The highest BCUT2D eigenvalue weighted by molar-refractivity contribution is 5.78. The number of pyridine rings is 2. The lowest BCUT2D eigenvalue weighted by Crippen LogP contribution is -2.36. The van der Waals surface area contributed by atoms with Crippen LogP contribution in [0.1, 0.15) is 63.3 Å². The van der Waals surface area contributed by atoms with Gasteiger partial charge in [-0.15, -0.1) is 0 Å². The molecule has 2 aromatic heterocycles. The predicted molar refractivity (Wildman–Crippen MR) is 111 cm³/mol. The summed E-state index contributed by atoms with van der Waals surface area (Å²) in [6, 6.07) is 18.1. The number of fused-ring (bicyclic) bond motifs is 1. The smallest absolute Gasteiger partial charge is 0.248 e. The molecule has 1 aliphatic rings. The second-order valence-corrected chi connectivity index (χ2v) is 7.99. The molecule has 2 heterocycles. The first kappa shape index (κ1) is 18.0. The normalized spacial score (nSPS) is 22.8. The molecule has 1 fully saturated rings. The molecule has 140 valence electrons. The van der Waals surface area contributed by atoms with E-state index in [0.29, 0.717) is 0 Å². The fourth-order valence-corrected chi connectivity index (χ4v) is 4.67. The fourth-order valence-electron chi connectivity index (χ4n) is 4.67. The maximum absolute atomic E-state index is 12.0. The minimum absolute atomic E-state index is 0.0271. The second kappa shape index (κ2) is 7.67. The van der Waals surface area contributed by atoms with Crippen molar-refractivity contribution in [3.8, 4) is 0 Å². The van der Waals surface area contributed by atoms with Crippen molar-refractivity contribution >= 4 is 10.9 Å². The molecule has 3 heteroatoms. The van der Waals surface area contributed by atoms with Crippen LogP contribution in [0.3, 0.4) is 0 Å². The Morgan fingerprint density at radius 3 is 2.63 bits per heavy atom. The van der Waals surface area contributed by atoms with Crippen LogP contribution >= 0.6 is 0 Å². The molecule has 0 saturated heterocycles. The lowest BCUT2D eigenvalue weighted by Gasteiger charge is -2.40. The number of aromatic amines is 1. The molecule has 0 spiro atoms. The molecule has 27 heavy (non-hydrogen) atoms. The van der Waals surface area contributed by atoms with Gasteiger partial charge in [-0.25, -0.2) is 0 Å². The molecular formula is C24H28N2O. The molecule has 1 aromatic carbocycles. The number of benzene rings is 1. The Hall–Kier alpha value is -2.42. The Morgan fingerprint density at radius 1 is 1.04 bits per heavy atom. The standard InChI is InChI=1S/C24H28N2O/c1-2-3-7-18-14-16-24(17-15-18,21-10-6-11-23(27)26-21)22-13-12-19-8-4-5-9-20(19)25-22/h4-6,8-13,18H,2-3,7,14-17H2,1H3,(H,26,27). The molecule has 1 aliphatic carbocycles. The van der Waals surface area contributed by atoms with Crippen LogP contribution < -0.4 is 5.56 Å². The Morgan fingerprint density at radius 2 is 1.85 bits per heavy atom. The van der Waals surface area contributed by atoms with Gasteiger partial charge < -0.3 is 4.98 Å². The minimum Gasteiger partial charge on any atom is -0.325 e. The number of hydrogen-bond acceptors (Lipinski definition) is 2. The third-order valence-electron chi connectivity index (χ3n) is 6.30.